The molecule has 2 heterocycles. The molecule has 2 fully saturated rings. The molecule has 33 heavy (non-hydrogen) atoms. The molecule has 2 unspecified atom stereocenters. The summed E-state index contributed by atoms with van der Waals surface area (Å²) in [5, 5.41) is 10.0. The maximum absolute atomic E-state index is 13.2. The molecule has 2 saturated heterocycles. The van der Waals surface area contributed by atoms with Crippen LogP contribution < -0.4 is 0 Å². The Morgan fingerprint density at radius 1 is 1.03 bits per heavy atom. The van der Waals surface area contributed by atoms with E-state index in [0.29, 0.717) is 13.0 Å². The van der Waals surface area contributed by atoms with E-state index >= 15 is 0 Å². The molecule has 1 N–H and O–H groups in total. The van der Waals surface area contributed by atoms with Crippen LogP contribution in [0.2, 0.25) is 0 Å². The Bertz CT molecular complexity index is 1080. The number of fused-ring (bicyclic) bond motifs is 3. The molecule has 2 atom stereocenters. The van der Waals surface area contributed by atoms with Gasteiger partial charge in [-0.1, -0.05) is 48.5 Å². The summed E-state index contributed by atoms with van der Waals surface area (Å²) in [6, 6.07) is 16.4. The van der Waals surface area contributed by atoms with Crippen molar-refractivity contribution >= 4 is 12.1 Å². The molecule has 0 radical (unpaired) electrons. The van der Waals surface area contributed by atoms with Crippen molar-refractivity contribution in [2.45, 2.75) is 51.2 Å². The third-order valence-electron chi connectivity index (χ3n) is 7.91. The first-order valence-electron chi connectivity index (χ1n) is 11.6. The number of likely N-dealkylation sites (tertiary alicyclic amines) is 1. The summed E-state index contributed by atoms with van der Waals surface area (Å²) >= 11 is 0. The highest BCUT2D eigenvalue weighted by atomic mass is 16.6. The van der Waals surface area contributed by atoms with Crippen LogP contribution in [0.25, 0.3) is 11.1 Å². The normalized spacial score (nSPS) is 26.9. The number of carbonyl (C=O) groups excluding carboxylic acids is 1. The lowest BCUT2D eigenvalue weighted by Crippen LogP contribution is -2.48. The highest BCUT2D eigenvalue weighted by molar-refractivity contribution is 5.79. The maximum atomic E-state index is 13.2. The Labute approximate surface area is 194 Å². The van der Waals surface area contributed by atoms with E-state index < -0.39 is 34.6 Å². The summed E-state index contributed by atoms with van der Waals surface area (Å²) < 4.78 is 12.1. The molecule has 174 valence electrons. The van der Waals surface area contributed by atoms with E-state index in [1.54, 1.807) is 4.90 Å². The number of carboxylic acid groups (broad SMARTS) is 1. The predicted octanol–water partition coefficient (Wildman–Crippen LogP) is 4.92. The molecule has 0 saturated carbocycles. The van der Waals surface area contributed by atoms with Crippen molar-refractivity contribution in [3.63, 3.8) is 0 Å². The van der Waals surface area contributed by atoms with Crippen molar-refractivity contribution in [1.82, 2.24) is 4.90 Å². The third kappa shape index (κ3) is 3.34. The smallest absolute Gasteiger partial charge is 0.409 e. The molecule has 1 spiro atoms. The number of hydrogen-bond acceptors (Lipinski definition) is 4. The van der Waals surface area contributed by atoms with Crippen molar-refractivity contribution in [2.75, 3.05) is 19.7 Å². The van der Waals surface area contributed by atoms with E-state index in [4.69, 9.17) is 9.47 Å². The highest BCUT2D eigenvalue weighted by Gasteiger charge is 2.66. The molecule has 2 aromatic carbocycles. The van der Waals surface area contributed by atoms with Crippen LogP contribution in [0.3, 0.4) is 0 Å². The quantitative estimate of drug-likeness (QED) is 0.720. The summed E-state index contributed by atoms with van der Waals surface area (Å²) in [4.78, 5) is 27.0. The van der Waals surface area contributed by atoms with Gasteiger partial charge in [0.25, 0.3) is 0 Å². The Morgan fingerprint density at radius 2 is 1.61 bits per heavy atom. The second-order valence-electron chi connectivity index (χ2n) is 10.8. The number of amides is 1. The first-order valence-corrected chi connectivity index (χ1v) is 11.6. The minimum atomic E-state index is -0.890. The van der Waals surface area contributed by atoms with Gasteiger partial charge in [0.2, 0.25) is 0 Å². The molecule has 3 aliphatic rings. The third-order valence-corrected chi connectivity index (χ3v) is 7.91. The van der Waals surface area contributed by atoms with E-state index in [1.165, 1.54) is 11.1 Å². The number of aliphatic carboxylic acids is 1. The molecule has 6 heteroatoms. The Hall–Kier alpha value is -2.86. The van der Waals surface area contributed by atoms with Crippen LogP contribution in [0.15, 0.2) is 48.5 Å². The lowest BCUT2D eigenvalue weighted by molar-refractivity contribution is -0.151. The Morgan fingerprint density at radius 3 is 2.12 bits per heavy atom. The predicted molar refractivity (Wildman–Crippen MR) is 124 cm³/mol. The van der Waals surface area contributed by atoms with Crippen LogP contribution >= 0.6 is 0 Å². The van der Waals surface area contributed by atoms with Crippen LogP contribution in [0.1, 0.15) is 51.2 Å². The summed E-state index contributed by atoms with van der Waals surface area (Å²) in [5.74, 6) is -1.62. The van der Waals surface area contributed by atoms with Gasteiger partial charge in [-0.2, -0.15) is 0 Å². The van der Waals surface area contributed by atoms with E-state index in [9.17, 15) is 14.7 Å². The second kappa shape index (κ2) is 7.32. The highest BCUT2D eigenvalue weighted by Crippen LogP contribution is 2.58. The monoisotopic (exact) mass is 449 g/mol. The van der Waals surface area contributed by atoms with Gasteiger partial charge in [-0.25, -0.2) is 4.79 Å². The fraction of sp³-hybridized carbons (Fsp3) is 0.481. The largest absolute Gasteiger partial charge is 0.481 e. The van der Waals surface area contributed by atoms with Gasteiger partial charge in [0.1, 0.15) is 6.61 Å². The van der Waals surface area contributed by atoms with E-state index in [2.05, 4.69) is 24.3 Å². The number of ether oxygens (including phenoxy) is 2. The van der Waals surface area contributed by atoms with E-state index in [0.717, 1.165) is 11.1 Å². The number of rotatable bonds is 3. The van der Waals surface area contributed by atoms with Gasteiger partial charge < -0.3 is 19.5 Å². The zero-order valence-electron chi connectivity index (χ0n) is 19.6. The van der Waals surface area contributed by atoms with Crippen LogP contribution in [0, 0.1) is 11.3 Å². The number of carboxylic acids is 1. The van der Waals surface area contributed by atoms with Gasteiger partial charge in [0, 0.05) is 24.4 Å². The van der Waals surface area contributed by atoms with Crippen LogP contribution in [0.5, 0.6) is 0 Å². The standard InChI is InChI=1S/C27H31NO5/c1-25(2)15-27(26(3,4)33-25)16-28(13-22(27)23(29)30)24(31)32-14-21-19-11-7-5-9-17(19)18-10-6-8-12-20(18)21/h5-12,21-22H,13-16H2,1-4H3,(H,29,30). The number of benzene rings is 2. The fourth-order valence-electron chi connectivity index (χ4n) is 6.64. The van der Waals surface area contributed by atoms with E-state index in [-0.39, 0.29) is 19.1 Å². The van der Waals surface area contributed by atoms with Crippen molar-refractivity contribution in [3.05, 3.63) is 59.7 Å². The van der Waals surface area contributed by atoms with Crippen molar-refractivity contribution in [3.8, 4) is 11.1 Å². The zero-order chi connectivity index (χ0) is 23.6. The number of nitrogens with zero attached hydrogens (tertiary/aromatic N) is 1. The molecule has 1 amide bonds. The van der Waals surface area contributed by atoms with Gasteiger partial charge in [-0.3, -0.25) is 4.79 Å². The zero-order valence-corrected chi connectivity index (χ0v) is 19.6. The first-order chi connectivity index (χ1) is 15.5. The minimum Gasteiger partial charge on any atom is -0.481 e. The summed E-state index contributed by atoms with van der Waals surface area (Å²) in [7, 11) is 0. The molecule has 5 rings (SSSR count). The average molecular weight is 450 g/mol. The SMILES string of the molecule is CC1(C)CC2(CN(C(=O)OCC3c4ccccc4-c4ccccc43)CC2C(=O)O)C(C)(C)O1. The van der Waals surface area contributed by atoms with E-state index in [1.807, 2.05) is 52.0 Å². The Kier molecular flexibility index (Phi) is 4.87. The van der Waals surface area contributed by atoms with Gasteiger partial charge >= 0.3 is 12.1 Å². The average Bonchev–Trinajstić information content (AvgIpc) is 3.34. The molecular weight excluding hydrogens is 418 g/mol. The summed E-state index contributed by atoms with van der Waals surface area (Å²) in [6.07, 6.45) is 0.123. The second-order valence-corrected chi connectivity index (χ2v) is 10.8. The van der Waals surface area contributed by atoms with Gasteiger partial charge in [0.05, 0.1) is 17.1 Å². The summed E-state index contributed by atoms with van der Waals surface area (Å²) in [6.45, 7) is 8.53. The lowest BCUT2D eigenvalue weighted by atomic mass is 9.65. The lowest BCUT2D eigenvalue weighted by Gasteiger charge is -2.38. The molecule has 1 aliphatic carbocycles. The van der Waals surface area contributed by atoms with Crippen LogP contribution in [-0.4, -0.2) is 53.0 Å². The van der Waals surface area contributed by atoms with Crippen molar-refractivity contribution < 1.29 is 24.2 Å². The Balaban J connectivity index is 1.36. The van der Waals surface area contributed by atoms with Crippen molar-refractivity contribution in [2.24, 2.45) is 11.3 Å². The number of carbonyl (C=O) groups is 2. The van der Waals surface area contributed by atoms with Crippen LogP contribution in [-0.2, 0) is 14.3 Å². The summed E-state index contributed by atoms with van der Waals surface area (Å²) in [5.41, 5.74) is 2.87. The minimum absolute atomic E-state index is 0.0293. The molecule has 6 nitrogen and oxygen atoms in total. The van der Waals surface area contributed by atoms with Gasteiger partial charge in [0.15, 0.2) is 0 Å². The molecule has 2 aliphatic heterocycles. The maximum Gasteiger partial charge on any atom is 0.409 e. The number of hydrogen-bond donors (Lipinski definition) is 1. The van der Waals surface area contributed by atoms with Crippen LogP contribution in [0.4, 0.5) is 4.79 Å². The fourth-order valence-corrected chi connectivity index (χ4v) is 6.64. The molecule has 0 bridgehead atoms. The van der Waals surface area contributed by atoms with Gasteiger partial charge in [-0.15, -0.1) is 0 Å². The van der Waals surface area contributed by atoms with Crippen molar-refractivity contribution in [1.29, 1.82) is 0 Å². The topological polar surface area (TPSA) is 76.1 Å². The molecule has 0 aromatic heterocycles. The molecular formula is C27H31NO5. The first kappa shape index (κ1) is 22.0. The molecule has 2 aromatic rings. The van der Waals surface area contributed by atoms with Gasteiger partial charge in [-0.05, 0) is 56.4 Å².